The van der Waals surface area contributed by atoms with Gasteiger partial charge in [0.05, 0.1) is 12.8 Å². The predicted octanol–water partition coefficient (Wildman–Crippen LogP) is 5.22. The molecule has 0 unspecified atom stereocenters. The summed E-state index contributed by atoms with van der Waals surface area (Å²) in [5, 5.41) is 4.14. The molecule has 0 saturated carbocycles. The van der Waals surface area contributed by atoms with Crippen LogP contribution in [0.4, 0.5) is 5.69 Å². The van der Waals surface area contributed by atoms with Crippen molar-refractivity contribution in [2.24, 2.45) is 0 Å². The van der Waals surface area contributed by atoms with Gasteiger partial charge in [-0.05, 0) is 94.4 Å². The van der Waals surface area contributed by atoms with Gasteiger partial charge in [-0.2, -0.15) is 0 Å². The molecule has 0 fully saturated rings. The standard InChI is InChI=1S/C22H33N3OS/c1-5-6-12-24(4)13-8-14-25(17-21-9-7-15-26-21)22(27)23-20-11-10-18(2)19(3)16-20/h7,9-11,15-16H,5-6,8,12-14,17H2,1-4H3,(H,23,27). The van der Waals surface area contributed by atoms with Crippen molar-refractivity contribution in [3.05, 3.63) is 53.5 Å². The van der Waals surface area contributed by atoms with Crippen LogP contribution in [0, 0.1) is 13.8 Å². The Balaban J connectivity index is 1.95. The van der Waals surface area contributed by atoms with Gasteiger partial charge in [-0.15, -0.1) is 0 Å². The molecule has 0 amide bonds. The monoisotopic (exact) mass is 387 g/mol. The molecular formula is C22H33N3OS. The molecule has 1 heterocycles. The van der Waals surface area contributed by atoms with Gasteiger partial charge in [-0.25, -0.2) is 0 Å². The molecule has 1 aromatic carbocycles. The van der Waals surface area contributed by atoms with Crippen molar-refractivity contribution >= 4 is 23.0 Å². The molecule has 4 nitrogen and oxygen atoms in total. The van der Waals surface area contributed by atoms with Crippen LogP contribution in [0.1, 0.15) is 43.1 Å². The maximum Gasteiger partial charge on any atom is 0.173 e. The lowest BCUT2D eigenvalue weighted by Gasteiger charge is -2.26. The number of hydrogen-bond donors (Lipinski definition) is 1. The zero-order valence-corrected chi connectivity index (χ0v) is 17.9. The summed E-state index contributed by atoms with van der Waals surface area (Å²) >= 11 is 5.72. The molecule has 0 aliphatic carbocycles. The zero-order valence-electron chi connectivity index (χ0n) is 17.1. The van der Waals surface area contributed by atoms with Crippen molar-refractivity contribution in [2.75, 3.05) is 32.0 Å². The SMILES string of the molecule is CCCCN(C)CCCN(Cc1ccco1)C(=S)Nc1ccc(C)c(C)c1. The van der Waals surface area contributed by atoms with Crippen LogP contribution in [0.5, 0.6) is 0 Å². The Bertz CT molecular complexity index is 700. The highest BCUT2D eigenvalue weighted by atomic mass is 32.1. The van der Waals surface area contributed by atoms with Gasteiger partial charge in [0.15, 0.2) is 5.11 Å². The van der Waals surface area contributed by atoms with E-state index in [0.29, 0.717) is 6.54 Å². The fourth-order valence-electron chi connectivity index (χ4n) is 2.94. The number of anilines is 1. The number of hydrogen-bond acceptors (Lipinski definition) is 3. The van der Waals surface area contributed by atoms with Crippen LogP contribution in [0.15, 0.2) is 41.0 Å². The Kier molecular flexibility index (Phi) is 8.82. The van der Waals surface area contributed by atoms with Gasteiger partial charge in [-0.1, -0.05) is 19.4 Å². The fraction of sp³-hybridized carbons (Fsp3) is 0.500. The maximum absolute atomic E-state index is 5.72. The van der Waals surface area contributed by atoms with Gasteiger partial charge in [-0.3, -0.25) is 0 Å². The van der Waals surface area contributed by atoms with Crippen molar-refractivity contribution in [3.63, 3.8) is 0 Å². The van der Waals surface area contributed by atoms with Crippen LogP contribution < -0.4 is 5.32 Å². The topological polar surface area (TPSA) is 31.6 Å². The summed E-state index contributed by atoms with van der Waals surface area (Å²) < 4.78 is 5.54. The van der Waals surface area contributed by atoms with Gasteiger partial charge < -0.3 is 19.5 Å². The van der Waals surface area contributed by atoms with E-state index in [2.05, 4.69) is 61.1 Å². The molecule has 0 aliphatic heterocycles. The number of aryl methyl sites for hydroxylation is 2. The van der Waals surface area contributed by atoms with Crippen molar-refractivity contribution in [2.45, 2.75) is 46.6 Å². The molecule has 0 aliphatic rings. The van der Waals surface area contributed by atoms with Crippen LogP contribution in [0.3, 0.4) is 0 Å². The molecule has 148 valence electrons. The lowest BCUT2D eigenvalue weighted by Crippen LogP contribution is -2.36. The summed E-state index contributed by atoms with van der Waals surface area (Å²) in [4.78, 5) is 4.59. The van der Waals surface area contributed by atoms with Crippen molar-refractivity contribution in [1.82, 2.24) is 9.80 Å². The third kappa shape index (κ3) is 7.35. The van der Waals surface area contributed by atoms with Crippen LogP contribution >= 0.6 is 12.2 Å². The van der Waals surface area contributed by atoms with Crippen molar-refractivity contribution < 1.29 is 4.42 Å². The number of rotatable bonds is 10. The van der Waals surface area contributed by atoms with Gasteiger partial charge in [0.25, 0.3) is 0 Å². The molecule has 0 radical (unpaired) electrons. The van der Waals surface area contributed by atoms with E-state index >= 15 is 0 Å². The number of unbranched alkanes of at least 4 members (excludes halogenated alkanes) is 1. The van der Waals surface area contributed by atoms with Crippen LogP contribution in [0.25, 0.3) is 0 Å². The summed E-state index contributed by atoms with van der Waals surface area (Å²) in [5.41, 5.74) is 3.58. The number of thiocarbonyl (C=S) groups is 1. The molecule has 2 rings (SSSR count). The molecule has 5 heteroatoms. The van der Waals surface area contributed by atoms with Crippen LogP contribution in [-0.4, -0.2) is 41.6 Å². The highest BCUT2D eigenvalue weighted by Gasteiger charge is 2.13. The molecular weight excluding hydrogens is 354 g/mol. The normalized spacial score (nSPS) is 11.0. The quantitative estimate of drug-likeness (QED) is 0.565. The van der Waals surface area contributed by atoms with Crippen LogP contribution in [-0.2, 0) is 6.54 Å². The lowest BCUT2D eigenvalue weighted by molar-refractivity contribution is 0.293. The zero-order chi connectivity index (χ0) is 19.6. The van der Waals surface area contributed by atoms with Crippen molar-refractivity contribution in [1.29, 1.82) is 0 Å². The Morgan fingerprint density at radius 1 is 1.07 bits per heavy atom. The molecule has 1 N–H and O–H groups in total. The number of nitrogens with zero attached hydrogens (tertiary/aromatic N) is 2. The van der Waals surface area contributed by atoms with Crippen molar-refractivity contribution in [3.8, 4) is 0 Å². The summed E-state index contributed by atoms with van der Waals surface area (Å²) in [6, 6.07) is 10.3. The van der Waals surface area contributed by atoms with Gasteiger partial charge in [0.2, 0.25) is 0 Å². The highest BCUT2D eigenvalue weighted by Crippen LogP contribution is 2.16. The third-order valence-corrected chi connectivity index (χ3v) is 5.19. The summed E-state index contributed by atoms with van der Waals surface area (Å²) in [6.45, 7) is 10.3. The first-order valence-corrected chi connectivity index (χ1v) is 10.2. The average molecular weight is 388 g/mol. The predicted molar refractivity (Wildman–Crippen MR) is 118 cm³/mol. The van der Waals surface area contributed by atoms with E-state index in [9.17, 15) is 0 Å². The minimum Gasteiger partial charge on any atom is -0.467 e. The molecule has 1 aromatic heterocycles. The molecule has 0 spiro atoms. The second-order valence-corrected chi connectivity index (χ2v) is 7.63. The minimum atomic E-state index is 0.683. The summed E-state index contributed by atoms with van der Waals surface area (Å²) in [6.07, 6.45) is 5.26. The summed E-state index contributed by atoms with van der Waals surface area (Å²) in [5.74, 6) is 0.929. The van der Waals surface area contributed by atoms with E-state index in [4.69, 9.17) is 16.6 Å². The number of nitrogens with one attached hydrogen (secondary N) is 1. The van der Waals surface area contributed by atoms with E-state index in [1.54, 1.807) is 6.26 Å². The average Bonchev–Trinajstić information content (AvgIpc) is 3.15. The van der Waals surface area contributed by atoms with E-state index < -0.39 is 0 Å². The Labute approximate surface area is 169 Å². The first-order chi connectivity index (χ1) is 13.0. The molecule has 27 heavy (non-hydrogen) atoms. The smallest absolute Gasteiger partial charge is 0.173 e. The molecule has 2 aromatic rings. The third-order valence-electron chi connectivity index (χ3n) is 4.83. The van der Waals surface area contributed by atoms with Crippen LogP contribution in [0.2, 0.25) is 0 Å². The number of furan rings is 1. The Morgan fingerprint density at radius 2 is 1.85 bits per heavy atom. The fourth-order valence-corrected chi connectivity index (χ4v) is 3.21. The minimum absolute atomic E-state index is 0.683. The second kappa shape index (κ2) is 11.1. The highest BCUT2D eigenvalue weighted by molar-refractivity contribution is 7.80. The summed E-state index contributed by atoms with van der Waals surface area (Å²) in [7, 11) is 2.19. The first-order valence-electron chi connectivity index (χ1n) is 9.83. The van der Waals surface area contributed by atoms with E-state index in [-0.39, 0.29) is 0 Å². The van der Waals surface area contributed by atoms with Gasteiger partial charge in [0, 0.05) is 12.2 Å². The van der Waals surface area contributed by atoms with Gasteiger partial charge in [0.1, 0.15) is 5.76 Å². The van der Waals surface area contributed by atoms with Gasteiger partial charge >= 0.3 is 0 Å². The lowest BCUT2D eigenvalue weighted by atomic mass is 10.1. The Hall–Kier alpha value is -1.85. The van der Waals surface area contributed by atoms with E-state index in [1.165, 1.54) is 24.0 Å². The largest absolute Gasteiger partial charge is 0.467 e. The number of benzene rings is 1. The van der Waals surface area contributed by atoms with E-state index in [1.807, 2.05) is 12.1 Å². The molecule has 0 bridgehead atoms. The Morgan fingerprint density at radius 3 is 2.52 bits per heavy atom. The second-order valence-electron chi connectivity index (χ2n) is 7.24. The first kappa shape index (κ1) is 21.5. The van der Waals surface area contributed by atoms with E-state index in [0.717, 1.165) is 42.6 Å². The molecule has 0 saturated heterocycles. The molecule has 0 atom stereocenters. The maximum atomic E-state index is 5.72.